The van der Waals surface area contributed by atoms with Crippen molar-refractivity contribution in [3.05, 3.63) is 71.5 Å². The van der Waals surface area contributed by atoms with Gasteiger partial charge in [0.15, 0.2) is 0 Å². The van der Waals surface area contributed by atoms with Gasteiger partial charge in [-0.2, -0.15) is 5.10 Å². The maximum Gasteiger partial charge on any atom is 0.271 e. The van der Waals surface area contributed by atoms with Gasteiger partial charge in [-0.25, -0.2) is 9.82 Å². The molecule has 2 aromatic rings. The lowest BCUT2D eigenvalue weighted by atomic mass is 10.0. The highest BCUT2D eigenvalue weighted by Crippen LogP contribution is 2.09. The summed E-state index contributed by atoms with van der Waals surface area (Å²) in [6, 6.07) is 15.2. The second kappa shape index (κ2) is 6.79. The van der Waals surface area contributed by atoms with Gasteiger partial charge in [0.2, 0.25) is 0 Å². The summed E-state index contributed by atoms with van der Waals surface area (Å²) in [5.74, 6) is -0.720. The number of benzene rings is 2. The highest BCUT2D eigenvalue weighted by molar-refractivity contribution is 6.03. The smallest absolute Gasteiger partial charge is 0.267 e. The summed E-state index contributed by atoms with van der Waals surface area (Å²) in [6.07, 6.45) is 0. The topological polar surface area (TPSA) is 41.5 Å². The van der Waals surface area contributed by atoms with Crippen LogP contribution < -0.4 is 5.43 Å². The Morgan fingerprint density at radius 1 is 1.05 bits per heavy atom. The molecule has 0 aliphatic carbocycles. The number of carbonyl (C=O) groups is 1. The van der Waals surface area contributed by atoms with Crippen molar-refractivity contribution in [2.45, 2.75) is 13.8 Å². The maximum absolute atomic E-state index is 13.1. The quantitative estimate of drug-likeness (QED) is 0.676. The Kier molecular flexibility index (Phi) is 4.82. The fraction of sp³-hybridized carbons (Fsp3) is 0.176. The molecule has 0 aliphatic rings. The van der Waals surface area contributed by atoms with Crippen molar-refractivity contribution >= 4 is 11.6 Å². The van der Waals surface area contributed by atoms with Gasteiger partial charge in [0.25, 0.3) is 5.91 Å². The number of rotatable bonds is 4. The lowest BCUT2D eigenvalue weighted by Crippen LogP contribution is -2.22. The van der Waals surface area contributed by atoms with E-state index in [4.69, 9.17) is 0 Å². The van der Waals surface area contributed by atoms with Crippen LogP contribution in [0.4, 0.5) is 4.39 Å². The van der Waals surface area contributed by atoms with E-state index < -0.39 is 11.7 Å². The molecule has 4 heteroatoms. The first-order valence-corrected chi connectivity index (χ1v) is 6.77. The molecule has 3 nitrogen and oxygen atoms in total. The van der Waals surface area contributed by atoms with Crippen LogP contribution in [0.2, 0.25) is 0 Å². The third-order valence-corrected chi connectivity index (χ3v) is 2.98. The Hall–Kier alpha value is -2.49. The second-order valence-electron chi connectivity index (χ2n) is 4.97. The molecule has 0 bridgehead atoms. The van der Waals surface area contributed by atoms with E-state index >= 15 is 0 Å². The van der Waals surface area contributed by atoms with Gasteiger partial charge in [0.05, 0.1) is 5.71 Å². The minimum absolute atomic E-state index is 0.153. The largest absolute Gasteiger partial charge is 0.271 e. The molecule has 1 N–H and O–H groups in total. The van der Waals surface area contributed by atoms with Crippen molar-refractivity contribution in [1.29, 1.82) is 0 Å². The molecule has 0 fully saturated rings. The molecule has 0 atom stereocenters. The van der Waals surface area contributed by atoms with Gasteiger partial charge in [0, 0.05) is 5.56 Å². The lowest BCUT2D eigenvalue weighted by Gasteiger charge is -2.10. The van der Waals surface area contributed by atoms with E-state index in [1.807, 2.05) is 44.2 Å². The molecule has 0 spiro atoms. The molecule has 0 unspecified atom stereocenters. The monoisotopic (exact) mass is 284 g/mol. The summed E-state index contributed by atoms with van der Waals surface area (Å²) < 4.78 is 13.1. The van der Waals surface area contributed by atoms with Crippen LogP contribution in [-0.4, -0.2) is 11.6 Å². The summed E-state index contributed by atoms with van der Waals surface area (Å²) in [4.78, 5) is 12.0. The number of nitrogens with zero attached hydrogens (tertiary/aromatic N) is 1. The molecule has 0 radical (unpaired) electrons. The average Bonchev–Trinajstić information content (AvgIpc) is 2.48. The lowest BCUT2D eigenvalue weighted by molar-refractivity contribution is 0.0954. The van der Waals surface area contributed by atoms with Crippen molar-refractivity contribution in [3.63, 3.8) is 0 Å². The normalized spacial score (nSPS) is 11.5. The Bertz CT molecular complexity index is 651. The van der Waals surface area contributed by atoms with E-state index in [0.717, 1.165) is 11.3 Å². The van der Waals surface area contributed by atoms with Crippen molar-refractivity contribution in [2.75, 3.05) is 0 Å². The molecule has 2 aromatic carbocycles. The van der Waals surface area contributed by atoms with Crippen molar-refractivity contribution in [1.82, 2.24) is 5.43 Å². The summed E-state index contributed by atoms with van der Waals surface area (Å²) >= 11 is 0. The SMILES string of the molecule is CC(C)C(=NNC(=O)c1cccc(F)c1)c1ccccc1. The van der Waals surface area contributed by atoms with Crippen molar-refractivity contribution in [3.8, 4) is 0 Å². The van der Waals surface area contributed by atoms with Crippen LogP contribution in [0.3, 0.4) is 0 Å². The Morgan fingerprint density at radius 2 is 1.71 bits per heavy atom. The van der Waals surface area contributed by atoms with Gasteiger partial charge in [0.1, 0.15) is 5.82 Å². The molecule has 0 aromatic heterocycles. The van der Waals surface area contributed by atoms with E-state index in [1.54, 1.807) is 6.07 Å². The van der Waals surface area contributed by atoms with E-state index in [2.05, 4.69) is 10.5 Å². The molecule has 1 amide bonds. The first-order valence-electron chi connectivity index (χ1n) is 6.77. The van der Waals surface area contributed by atoms with Crippen LogP contribution in [0.1, 0.15) is 29.8 Å². The molecule has 0 aliphatic heterocycles. The predicted octanol–water partition coefficient (Wildman–Crippen LogP) is 3.62. The molecule has 0 saturated heterocycles. The maximum atomic E-state index is 13.1. The Morgan fingerprint density at radius 3 is 2.33 bits per heavy atom. The fourth-order valence-corrected chi connectivity index (χ4v) is 1.94. The third-order valence-electron chi connectivity index (χ3n) is 2.98. The van der Waals surface area contributed by atoms with Crippen molar-refractivity contribution < 1.29 is 9.18 Å². The standard InChI is InChI=1S/C17H17FN2O/c1-12(2)16(13-7-4-3-5-8-13)19-20-17(21)14-9-6-10-15(18)11-14/h3-12H,1-2H3,(H,20,21). The van der Waals surface area contributed by atoms with Gasteiger partial charge in [-0.1, -0.05) is 50.2 Å². The first-order chi connectivity index (χ1) is 10.1. The molecular weight excluding hydrogens is 267 g/mol. The highest BCUT2D eigenvalue weighted by Gasteiger charge is 2.10. The number of hydrazone groups is 1. The molecule has 21 heavy (non-hydrogen) atoms. The number of nitrogens with one attached hydrogen (secondary N) is 1. The minimum atomic E-state index is -0.446. The number of amides is 1. The predicted molar refractivity (Wildman–Crippen MR) is 81.7 cm³/mol. The molecule has 0 heterocycles. The Labute approximate surface area is 123 Å². The van der Waals surface area contributed by atoms with Crippen molar-refractivity contribution in [2.24, 2.45) is 11.0 Å². The number of halogens is 1. The summed E-state index contributed by atoms with van der Waals surface area (Å²) in [5.41, 5.74) is 4.46. The minimum Gasteiger partial charge on any atom is -0.267 e. The van der Waals surface area contributed by atoms with Crippen LogP contribution >= 0.6 is 0 Å². The first kappa shape index (κ1) is 14.9. The van der Waals surface area contributed by atoms with Gasteiger partial charge < -0.3 is 0 Å². The van der Waals surface area contributed by atoms with E-state index in [0.29, 0.717) is 0 Å². The molecule has 2 rings (SSSR count). The third kappa shape index (κ3) is 3.99. The number of carbonyl (C=O) groups excluding carboxylic acids is 1. The second-order valence-corrected chi connectivity index (χ2v) is 4.97. The van der Waals surface area contributed by atoms with E-state index in [1.165, 1.54) is 18.2 Å². The van der Waals surface area contributed by atoms with Gasteiger partial charge >= 0.3 is 0 Å². The summed E-state index contributed by atoms with van der Waals surface area (Å²) in [6.45, 7) is 4.00. The molecular formula is C17H17FN2O. The summed E-state index contributed by atoms with van der Waals surface area (Å²) in [5, 5.41) is 4.19. The van der Waals surface area contributed by atoms with E-state index in [-0.39, 0.29) is 11.5 Å². The van der Waals surface area contributed by atoms with Gasteiger partial charge in [-0.3, -0.25) is 4.79 Å². The zero-order valence-corrected chi connectivity index (χ0v) is 12.0. The Balaban J connectivity index is 2.19. The van der Waals surface area contributed by atoms with Gasteiger partial charge in [-0.05, 0) is 29.7 Å². The van der Waals surface area contributed by atoms with Gasteiger partial charge in [-0.15, -0.1) is 0 Å². The van der Waals surface area contributed by atoms with Crippen LogP contribution in [0.15, 0.2) is 59.7 Å². The zero-order valence-electron chi connectivity index (χ0n) is 12.0. The molecule has 0 saturated carbocycles. The van der Waals surface area contributed by atoms with Crippen LogP contribution in [-0.2, 0) is 0 Å². The zero-order chi connectivity index (χ0) is 15.2. The average molecular weight is 284 g/mol. The van der Waals surface area contributed by atoms with Crippen LogP contribution in [0.25, 0.3) is 0 Å². The summed E-state index contributed by atoms with van der Waals surface area (Å²) in [7, 11) is 0. The van der Waals surface area contributed by atoms with Crippen LogP contribution in [0, 0.1) is 11.7 Å². The van der Waals surface area contributed by atoms with Crippen LogP contribution in [0.5, 0.6) is 0 Å². The highest BCUT2D eigenvalue weighted by atomic mass is 19.1. The fourth-order valence-electron chi connectivity index (χ4n) is 1.94. The molecule has 108 valence electrons. The van der Waals surface area contributed by atoms with E-state index in [9.17, 15) is 9.18 Å². The number of hydrogen-bond acceptors (Lipinski definition) is 2. The number of hydrogen-bond donors (Lipinski definition) is 1.